The molecule has 0 aliphatic carbocycles. The number of ether oxygens (including phenoxy) is 1. The number of hydrogen-bond acceptors (Lipinski definition) is 4. The smallest absolute Gasteiger partial charge is 0.339 e. The molecule has 4 nitrogen and oxygen atoms in total. The lowest BCUT2D eigenvalue weighted by Crippen LogP contribution is -2.05. The molecule has 1 N–H and O–H groups in total. The minimum atomic E-state index is -0.595. The van der Waals surface area contributed by atoms with Crippen LogP contribution >= 0.6 is 0 Å². The Kier molecular flexibility index (Phi) is 4.24. The third kappa shape index (κ3) is 3.28. The molecule has 6 heteroatoms. The van der Waals surface area contributed by atoms with Gasteiger partial charge in [0.25, 0.3) is 0 Å². The Hall–Kier alpha value is -2.50. The van der Waals surface area contributed by atoms with Gasteiger partial charge >= 0.3 is 5.97 Å². The van der Waals surface area contributed by atoms with Crippen LogP contribution in [0.15, 0.2) is 36.5 Å². The number of aromatic nitrogens is 1. The Labute approximate surface area is 114 Å². The van der Waals surface area contributed by atoms with Crippen LogP contribution in [0.5, 0.6) is 0 Å². The van der Waals surface area contributed by atoms with Crippen molar-refractivity contribution < 1.29 is 18.3 Å². The van der Waals surface area contributed by atoms with E-state index in [0.717, 1.165) is 18.2 Å². The summed E-state index contributed by atoms with van der Waals surface area (Å²) in [5.41, 5.74) is 0.262. The molecule has 2 rings (SSSR count). The molecule has 0 saturated heterocycles. The van der Waals surface area contributed by atoms with Gasteiger partial charge in [0.1, 0.15) is 17.5 Å². The highest BCUT2D eigenvalue weighted by Gasteiger charge is 2.08. The normalized spacial score (nSPS) is 10.2. The first-order chi connectivity index (χ1) is 9.60. The van der Waals surface area contributed by atoms with Gasteiger partial charge in [-0.05, 0) is 31.2 Å². The predicted octanol–water partition coefficient (Wildman–Crippen LogP) is 3.28. The van der Waals surface area contributed by atoms with E-state index in [9.17, 15) is 13.6 Å². The summed E-state index contributed by atoms with van der Waals surface area (Å²) < 4.78 is 31.3. The molecular weight excluding hydrogens is 266 g/mol. The number of esters is 1. The van der Waals surface area contributed by atoms with Crippen LogP contribution in [-0.2, 0) is 4.74 Å². The van der Waals surface area contributed by atoms with E-state index in [2.05, 4.69) is 10.3 Å². The van der Waals surface area contributed by atoms with E-state index in [4.69, 9.17) is 4.74 Å². The number of nitrogens with zero attached hydrogens (tertiary/aromatic N) is 1. The van der Waals surface area contributed by atoms with Gasteiger partial charge in [-0.2, -0.15) is 0 Å². The molecule has 0 aliphatic heterocycles. The maximum absolute atomic E-state index is 13.4. The van der Waals surface area contributed by atoms with Crippen molar-refractivity contribution in [3.8, 4) is 0 Å². The van der Waals surface area contributed by atoms with Gasteiger partial charge in [0.2, 0.25) is 0 Å². The largest absolute Gasteiger partial charge is 0.462 e. The fourth-order valence-electron chi connectivity index (χ4n) is 1.53. The number of benzene rings is 1. The van der Waals surface area contributed by atoms with Crippen molar-refractivity contribution >= 4 is 17.5 Å². The van der Waals surface area contributed by atoms with Crippen LogP contribution in [-0.4, -0.2) is 17.6 Å². The summed E-state index contributed by atoms with van der Waals surface area (Å²) >= 11 is 0. The monoisotopic (exact) mass is 278 g/mol. The van der Waals surface area contributed by atoms with Crippen LogP contribution in [0.3, 0.4) is 0 Å². The van der Waals surface area contributed by atoms with E-state index in [-0.39, 0.29) is 17.9 Å². The second kappa shape index (κ2) is 6.10. The molecule has 0 saturated carbocycles. The van der Waals surface area contributed by atoms with E-state index in [1.807, 2.05) is 0 Å². The minimum absolute atomic E-state index is 0.0265. The van der Waals surface area contributed by atoms with Crippen molar-refractivity contribution in [1.29, 1.82) is 0 Å². The Balaban J connectivity index is 2.14. The number of anilines is 2. The van der Waals surface area contributed by atoms with E-state index >= 15 is 0 Å². The van der Waals surface area contributed by atoms with E-state index in [1.165, 1.54) is 18.3 Å². The molecule has 1 aromatic carbocycles. The molecule has 0 spiro atoms. The molecule has 0 bridgehead atoms. The number of pyridine rings is 1. The lowest BCUT2D eigenvalue weighted by atomic mass is 10.2. The first-order valence-electron chi connectivity index (χ1n) is 5.95. The molecule has 20 heavy (non-hydrogen) atoms. The topological polar surface area (TPSA) is 51.2 Å². The summed E-state index contributed by atoms with van der Waals surface area (Å²) in [5, 5.41) is 2.63. The summed E-state index contributed by atoms with van der Waals surface area (Å²) in [6.45, 7) is 1.97. The van der Waals surface area contributed by atoms with Gasteiger partial charge in [-0.3, -0.25) is 0 Å². The van der Waals surface area contributed by atoms with E-state index in [1.54, 1.807) is 6.92 Å². The molecule has 0 amide bonds. The number of carbonyl (C=O) groups is 1. The molecule has 1 aromatic heterocycles. The van der Waals surface area contributed by atoms with Crippen molar-refractivity contribution in [2.24, 2.45) is 0 Å². The number of nitrogens with one attached hydrogen (secondary N) is 1. The average molecular weight is 278 g/mol. The molecule has 0 unspecified atom stereocenters. The number of rotatable bonds is 4. The summed E-state index contributed by atoms with van der Waals surface area (Å²) in [7, 11) is 0. The average Bonchev–Trinajstić information content (AvgIpc) is 2.44. The minimum Gasteiger partial charge on any atom is -0.462 e. The number of carbonyl (C=O) groups excluding carboxylic acids is 1. The van der Waals surface area contributed by atoms with Gasteiger partial charge in [-0.25, -0.2) is 18.6 Å². The van der Waals surface area contributed by atoms with Crippen LogP contribution in [0.2, 0.25) is 0 Å². The van der Waals surface area contributed by atoms with Gasteiger partial charge < -0.3 is 10.1 Å². The third-order valence-electron chi connectivity index (χ3n) is 2.47. The molecule has 104 valence electrons. The Bertz CT molecular complexity index is 615. The number of hydrogen-bond donors (Lipinski definition) is 1. The summed E-state index contributed by atoms with van der Waals surface area (Å²) in [6, 6.07) is 6.04. The fourth-order valence-corrected chi connectivity index (χ4v) is 1.53. The zero-order valence-corrected chi connectivity index (χ0v) is 10.7. The SMILES string of the molecule is CCOC(=O)c1ccc(Nc2cc(F)ccc2F)nc1. The number of halogens is 2. The molecule has 0 aliphatic rings. The highest BCUT2D eigenvalue weighted by Crippen LogP contribution is 2.19. The Morgan fingerprint density at radius 3 is 2.75 bits per heavy atom. The van der Waals surface area contributed by atoms with Crippen molar-refractivity contribution in [3.05, 3.63) is 53.7 Å². The molecule has 0 atom stereocenters. The van der Waals surface area contributed by atoms with Crippen molar-refractivity contribution in [1.82, 2.24) is 4.98 Å². The van der Waals surface area contributed by atoms with E-state index in [0.29, 0.717) is 5.82 Å². The zero-order chi connectivity index (χ0) is 14.5. The van der Waals surface area contributed by atoms with Crippen LogP contribution in [0.1, 0.15) is 17.3 Å². The zero-order valence-electron chi connectivity index (χ0n) is 10.7. The van der Waals surface area contributed by atoms with Crippen molar-refractivity contribution in [2.75, 3.05) is 11.9 Å². The first-order valence-corrected chi connectivity index (χ1v) is 5.95. The molecule has 2 aromatic rings. The summed E-state index contributed by atoms with van der Waals surface area (Å²) in [5.74, 6) is -1.34. The summed E-state index contributed by atoms with van der Waals surface area (Å²) in [6.07, 6.45) is 1.30. The van der Waals surface area contributed by atoms with Crippen LogP contribution < -0.4 is 5.32 Å². The maximum atomic E-state index is 13.4. The molecule has 1 heterocycles. The standard InChI is InChI=1S/C14H12F2N2O2/c1-2-20-14(19)9-3-6-13(17-8-9)18-12-7-10(15)4-5-11(12)16/h3-8H,2H2,1H3,(H,17,18). The quantitative estimate of drug-likeness (QED) is 0.872. The van der Waals surface area contributed by atoms with Crippen LogP contribution in [0, 0.1) is 11.6 Å². The molecular formula is C14H12F2N2O2. The third-order valence-corrected chi connectivity index (χ3v) is 2.47. The molecule has 0 radical (unpaired) electrons. The van der Waals surface area contributed by atoms with Crippen LogP contribution in [0.25, 0.3) is 0 Å². The highest BCUT2D eigenvalue weighted by atomic mass is 19.1. The molecule has 0 fully saturated rings. The Morgan fingerprint density at radius 1 is 1.30 bits per heavy atom. The second-order valence-electron chi connectivity index (χ2n) is 3.90. The first kappa shape index (κ1) is 13.9. The van der Waals surface area contributed by atoms with Gasteiger partial charge in [-0.15, -0.1) is 0 Å². The Morgan fingerprint density at radius 2 is 2.10 bits per heavy atom. The van der Waals surface area contributed by atoms with Crippen LogP contribution in [0.4, 0.5) is 20.3 Å². The van der Waals surface area contributed by atoms with Crippen molar-refractivity contribution in [2.45, 2.75) is 6.92 Å². The van der Waals surface area contributed by atoms with E-state index < -0.39 is 17.6 Å². The van der Waals surface area contributed by atoms with Gasteiger partial charge in [0.05, 0.1) is 17.9 Å². The second-order valence-corrected chi connectivity index (χ2v) is 3.90. The maximum Gasteiger partial charge on any atom is 0.339 e. The lowest BCUT2D eigenvalue weighted by molar-refractivity contribution is 0.0526. The lowest BCUT2D eigenvalue weighted by Gasteiger charge is -2.07. The fraction of sp³-hybridized carbons (Fsp3) is 0.143. The summed E-state index contributed by atoms with van der Waals surface area (Å²) in [4.78, 5) is 15.4. The highest BCUT2D eigenvalue weighted by molar-refractivity contribution is 5.89. The predicted molar refractivity (Wildman–Crippen MR) is 69.8 cm³/mol. The van der Waals surface area contributed by atoms with Gasteiger partial charge in [-0.1, -0.05) is 0 Å². The van der Waals surface area contributed by atoms with Gasteiger partial charge in [0.15, 0.2) is 0 Å². The van der Waals surface area contributed by atoms with Gasteiger partial charge in [0, 0.05) is 12.3 Å². The van der Waals surface area contributed by atoms with Crippen molar-refractivity contribution in [3.63, 3.8) is 0 Å².